The van der Waals surface area contributed by atoms with Crippen LogP contribution in [0.25, 0.3) is 0 Å². The van der Waals surface area contributed by atoms with Crippen LogP contribution in [0, 0.1) is 0 Å². The molecule has 0 spiro atoms. The number of hydrogen-bond donors (Lipinski definition) is 0. The molecule has 0 radical (unpaired) electrons. The van der Waals surface area contributed by atoms with Crippen molar-refractivity contribution in [2.45, 2.75) is 194 Å². The average molecular weight is 947 g/mol. The Balaban J connectivity index is 4.63. The van der Waals surface area contributed by atoms with Crippen LogP contribution in [0.3, 0.4) is 0 Å². The number of carbonyl (C=O) groups excluding carboxylic acids is 3. The van der Waals surface area contributed by atoms with Crippen LogP contribution in [-0.2, 0) is 28.6 Å². The molecule has 0 fully saturated rings. The van der Waals surface area contributed by atoms with Crippen LogP contribution >= 0.6 is 0 Å². The standard InChI is InChI=1S/C63H94O6/c1-4-7-10-13-16-19-22-25-28-30-32-34-35-38-41-44-47-50-53-56-62(65)68-59-60(58-67-61(64)55-52-49-46-43-40-37-27-24-21-18-15-12-9-6-3)69-63(66)57-54-51-48-45-42-39-36-33-31-29-26-23-20-17-14-11-8-5-2/h7,9-10,12-13,16-23,25-38,41,60H,4-6,8,11,14-15,24,39-40,42-59H2,1-3H3/b10-7-,12-9-,16-13-,20-17-,21-18-,22-19-,26-23-,28-25-,31-29-,32-30+,35-34-,36-33-,37-27-,41-38-. The minimum Gasteiger partial charge on any atom is -0.462 e. The minimum atomic E-state index is -0.829. The summed E-state index contributed by atoms with van der Waals surface area (Å²) in [6.07, 6.45) is 81.8. The summed E-state index contributed by atoms with van der Waals surface area (Å²) in [5.41, 5.74) is 0. The van der Waals surface area contributed by atoms with E-state index >= 15 is 0 Å². The molecule has 0 saturated heterocycles. The fourth-order valence-corrected chi connectivity index (χ4v) is 6.51. The van der Waals surface area contributed by atoms with E-state index in [1.54, 1.807) is 0 Å². The molecule has 0 amide bonds. The van der Waals surface area contributed by atoms with Gasteiger partial charge in [0, 0.05) is 19.3 Å². The summed E-state index contributed by atoms with van der Waals surface area (Å²) in [7, 11) is 0. The highest BCUT2D eigenvalue weighted by molar-refractivity contribution is 5.71. The van der Waals surface area contributed by atoms with Crippen LogP contribution in [0.4, 0.5) is 0 Å². The Kier molecular flexibility index (Phi) is 51.2. The predicted molar refractivity (Wildman–Crippen MR) is 297 cm³/mol. The highest BCUT2D eigenvalue weighted by Crippen LogP contribution is 2.12. The summed E-state index contributed by atoms with van der Waals surface area (Å²) < 4.78 is 16.7. The van der Waals surface area contributed by atoms with E-state index in [9.17, 15) is 14.4 Å². The van der Waals surface area contributed by atoms with Crippen molar-refractivity contribution in [3.05, 3.63) is 170 Å². The van der Waals surface area contributed by atoms with Crippen LogP contribution in [0.15, 0.2) is 170 Å². The summed E-state index contributed by atoms with van der Waals surface area (Å²) in [4.78, 5) is 38.1. The van der Waals surface area contributed by atoms with Gasteiger partial charge in [0.1, 0.15) is 13.2 Å². The summed E-state index contributed by atoms with van der Waals surface area (Å²) in [5.74, 6) is -1.03. The van der Waals surface area contributed by atoms with E-state index < -0.39 is 6.10 Å². The second-order valence-corrected chi connectivity index (χ2v) is 16.9. The first-order valence-corrected chi connectivity index (χ1v) is 26.8. The van der Waals surface area contributed by atoms with E-state index in [1.165, 1.54) is 19.3 Å². The van der Waals surface area contributed by atoms with Crippen molar-refractivity contribution >= 4 is 17.9 Å². The van der Waals surface area contributed by atoms with Gasteiger partial charge in [0.25, 0.3) is 0 Å². The number of esters is 3. The molecule has 6 heteroatoms. The third kappa shape index (κ3) is 53.6. The molecule has 1 unspecified atom stereocenters. The smallest absolute Gasteiger partial charge is 0.306 e. The Labute approximate surface area is 422 Å². The SMILES string of the molecule is CC\C=C/C=C\C=C/C=C\C=C\C=C/C=C\CCCCCC(=O)OCC(COC(=O)CCCCCC/C=C\C/C=C\C/C=C\CC)OC(=O)CCCCCCC\C=C/C=C\C=C/C=C\CCCCC. The molecule has 0 heterocycles. The Morgan fingerprint density at radius 2 is 0.638 bits per heavy atom. The average Bonchev–Trinajstić information content (AvgIpc) is 3.35. The summed E-state index contributed by atoms with van der Waals surface area (Å²) in [5, 5.41) is 0. The quantitative estimate of drug-likeness (QED) is 0.0199. The molecular weight excluding hydrogens is 853 g/mol. The normalized spacial score (nSPS) is 13.5. The Morgan fingerprint density at radius 1 is 0.319 bits per heavy atom. The van der Waals surface area contributed by atoms with E-state index in [2.05, 4.69) is 118 Å². The summed E-state index contributed by atoms with van der Waals surface area (Å²) in [6.45, 7) is 6.23. The van der Waals surface area contributed by atoms with Gasteiger partial charge in [-0.3, -0.25) is 14.4 Å². The molecule has 0 aromatic heterocycles. The third-order valence-electron chi connectivity index (χ3n) is 10.5. The van der Waals surface area contributed by atoms with Gasteiger partial charge in [-0.2, -0.15) is 0 Å². The maximum Gasteiger partial charge on any atom is 0.306 e. The number of carbonyl (C=O) groups is 3. The van der Waals surface area contributed by atoms with Crippen LogP contribution in [-0.4, -0.2) is 37.2 Å². The highest BCUT2D eigenvalue weighted by atomic mass is 16.6. The van der Waals surface area contributed by atoms with Gasteiger partial charge in [-0.1, -0.05) is 242 Å². The van der Waals surface area contributed by atoms with Crippen molar-refractivity contribution in [2.75, 3.05) is 13.2 Å². The molecule has 0 aromatic carbocycles. The van der Waals surface area contributed by atoms with E-state index in [0.717, 1.165) is 122 Å². The molecule has 6 nitrogen and oxygen atoms in total. The number of unbranched alkanes of at least 4 members (excludes halogenated alkanes) is 15. The molecule has 0 aromatic rings. The van der Waals surface area contributed by atoms with Crippen molar-refractivity contribution in [3.8, 4) is 0 Å². The number of ether oxygens (including phenoxy) is 3. The fraction of sp³-hybridized carbons (Fsp3) is 0.508. The minimum absolute atomic E-state index is 0.124. The van der Waals surface area contributed by atoms with Crippen LogP contribution in [0.5, 0.6) is 0 Å². The Hall–Kier alpha value is -5.23. The second kappa shape index (κ2) is 55.4. The molecule has 0 aliphatic heterocycles. The molecule has 0 saturated carbocycles. The molecule has 1 atom stereocenters. The van der Waals surface area contributed by atoms with Gasteiger partial charge in [-0.25, -0.2) is 0 Å². The zero-order chi connectivity index (χ0) is 50.0. The number of rotatable bonds is 45. The maximum absolute atomic E-state index is 12.8. The van der Waals surface area contributed by atoms with Gasteiger partial charge in [0.2, 0.25) is 0 Å². The van der Waals surface area contributed by atoms with Crippen LogP contribution in [0.2, 0.25) is 0 Å². The lowest BCUT2D eigenvalue weighted by Crippen LogP contribution is -2.30. The van der Waals surface area contributed by atoms with E-state index in [0.29, 0.717) is 12.8 Å². The number of allylic oxidation sites excluding steroid dienone is 28. The molecule has 0 bridgehead atoms. The van der Waals surface area contributed by atoms with Gasteiger partial charge in [-0.15, -0.1) is 0 Å². The van der Waals surface area contributed by atoms with Gasteiger partial charge >= 0.3 is 17.9 Å². The topological polar surface area (TPSA) is 78.9 Å². The van der Waals surface area contributed by atoms with Gasteiger partial charge < -0.3 is 14.2 Å². The first-order chi connectivity index (χ1) is 34.0. The summed E-state index contributed by atoms with van der Waals surface area (Å²) in [6, 6.07) is 0. The maximum atomic E-state index is 12.8. The highest BCUT2D eigenvalue weighted by Gasteiger charge is 2.19. The van der Waals surface area contributed by atoms with Crippen molar-refractivity contribution in [3.63, 3.8) is 0 Å². The van der Waals surface area contributed by atoms with Crippen molar-refractivity contribution in [1.29, 1.82) is 0 Å². The fourth-order valence-electron chi connectivity index (χ4n) is 6.51. The van der Waals surface area contributed by atoms with E-state index in [4.69, 9.17) is 14.2 Å². The van der Waals surface area contributed by atoms with Crippen molar-refractivity contribution in [2.24, 2.45) is 0 Å². The third-order valence-corrected chi connectivity index (χ3v) is 10.5. The van der Waals surface area contributed by atoms with Crippen LogP contribution in [0.1, 0.15) is 188 Å². The molecule has 382 valence electrons. The number of hydrogen-bond acceptors (Lipinski definition) is 6. The second-order valence-electron chi connectivity index (χ2n) is 16.9. The first-order valence-electron chi connectivity index (χ1n) is 26.8. The van der Waals surface area contributed by atoms with Crippen molar-refractivity contribution < 1.29 is 28.6 Å². The summed E-state index contributed by atoms with van der Waals surface area (Å²) >= 11 is 0. The van der Waals surface area contributed by atoms with Crippen LogP contribution < -0.4 is 0 Å². The van der Waals surface area contributed by atoms with Crippen molar-refractivity contribution in [1.82, 2.24) is 0 Å². The Morgan fingerprint density at radius 3 is 1.07 bits per heavy atom. The molecule has 0 aliphatic carbocycles. The first kappa shape index (κ1) is 63.8. The largest absolute Gasteiger partial charge is 0.462 e. The molecule has 0 N–H and O–H groups in total. The lowest BCUT2D eigenvalue weighted by molar-refractivity contribution is -0.167. The molecular formula is C63H94O6. The van der Waals surface area contributed by atoms with Gasteiger partial charge in [0.15, 0.2) is 6.10 Å². The van der Waals surface area contributed by atoms with Gasteiger partial charge in [0.05, 0.1) is 0 Å². The lowest BCUT2D eigenvalue weighted by atomic mass is 10.1. The predicted octanol–water partition coefficient (Wildman–Crippen LogP) is 18.0. The monoisotopic (exact) mass is 947 g/mol. The van der Waals surface area contributed by atoms with Gasteiger partial charge in [-0.05, 0) is 96.3 Å². The van der Waals surface area contributed by atoms with E-state index in [1.807, 2.05) is 72.9 Å². The van der Waals surface area contributed by atoms with E-state index in [-0.39, 0.29) is 44.0 Å². The Bertz CT molecular complexity index is 1650. The molecule has 0 rings (SSSR count). The lowest BCUT2D eigenvalue weighted by Gasteiger charge is -2.18. The zero-order valence-electron chi connectivity index (χ0n) is 43.5. The zero-order valence-corrected chi connectivity index (χ0v) is 43.5. The molecule has 69 heavy (non-hydrogen) atoms. The molecule has 0 aliphatic rings.